The number of carbonyl (C=O) groups excluding carboxylic acids is 1. The summed E-state index contributed by atoms with van der Waals surface area (Å²) >= 11 is 14.6. The number of anilines is 1. The second kappa shape index (κ2) is 10.7. The Hall–Kier alpha value is -2.14. The van der Waals surface area contributed by atoms with Gasteiger partial charge in [0, 0.05) is 3.57 Å². The summed E-state index contributed by atoms with van der Waals surface area (Å²) in [6.07, 6.45) is 0. The molecule has 0 atom stereocenters. The van der Waals surface area contributed by atoms with Gasteiger partial charge in [-0.2, -0.15) is 5.10 Å². The zero-order valence-electron chi connectivity index (χ0n) is 16.8. The van der Waals surface area contributed by atoms with E-state index >= 15 is 0 Å². The van der Waals surface area contributed by atoms with Crippen LogP contribution >= 0.6 is 45.8 Å². The highest BCUT2D eigenvalue weighted by atomic mass is 127. The average Bonchev–Trinajstić information content (AvgIpc) is 2.79. The normalized spacial score (nSPS) is 11.8. The van der Waals surface area contributed by atoms with Crippen molar-refractivity contribution >= 4 is 73.1 Å². The zero-order chi connectivity index (χ0) is 23.3. The predicted octanol–water partition coefficient (Wildman–Crippen LogP) is 5.33. The summed E-state index contributed by atoms with van der Waals surface area (Å²) in [5.41, 5.74) is 3.92. The number of benzene rings is 3. The number of amides is 1. The molecule has 0 fully saturated rings. The third-order valence-corrected chi connectivity index (χ3v) is 7.73. The van der Waals surface area contributed by atoms with Gasteiger partial charge in [-0.15, -0.1) is 0 Å². The summed E-state index contributed by atoms with van der Waals surface area (Å²) in [7, 11) is -4.10. The molecular formula is C22H18Cl2IN3O3S. The quantitative estimate of drug-likeness (QED) is 0.226. The average molecular weight is 602 g/mol. The van der Waals surface area contributed by atoms with Gasteiger partial charge in [-0.3, -0.25) is 9.10 Å². The third kappa shape index (κ3) is 5.80. The maximum absolute atomic E-state index is 13.3. The van der Waals surface area contributed by atoms with Crippen molar-refractivity contribution in [3.8, 4) is 0 Å². The van der Waals surface area contributed by atoms with Crippen LogP contribution in [0.25, 0.3) is 0 Å². The van der Waals surface area contributed by atoms with Gasteiger partial charge in [0.25, 0.3) is 15.9 Å². The minimum Gasteiger partial charge on any atom is -0.271 e. The van der Waals surface area contributed by atoms with Crippen LogP contribution in [0.3, 0.4) is 0 Å². The van der Waals surface area contributed by atoms with Crippen LogP contribution in [0.1, 0.15) is 12.5 Å². The number of nitrogens with zero attached hydrogens (tertiary/aromatic N) is 2. The number of halogens is 3. The van der Waals surface area contributed by atoms with Crippen molar-refractivity contribution in [2.24, 2.45) is 5.10 Å². The molecule has 0 radical (unpaired) electrons. The summed E-state index contributed by atoms with van der Waals surface area (Å²) in [5, 5.41) is 4.30. The van der Waals surface area contributed by atoms with Gasteiger partial charge in [0.05, 0.1) is 26.3 Å². The first kappa shape index (κ1) is 24.5. The van der Waals surface area contributed by atoms with E-state index < -0.39 is 22.5 Å². The summed E-state index contributed by atoms with van der Waals surface area (Å²) in [5.74, 6) is -0.634. The van der Waals surface area contributed by atoms with Crippen molar-refractivity contribution in [2.75, 3.05) is 10.8 Å². The highest BCUT2D eigenvalue weighted by Gasteiger charge is 2.29. The fraction of sp³-hybridized carbons (Fsp3) is 0.0909. The van der Waals surface area contributed by atoms with E-state index in [1.165, 1.54) is 24.3 Å². The third-order valence-electron chi connectivity index (χ3n) is 4.43. The molecule has 3 rings (SSSR count). The number of carbonyl (C=O) groups is 1. The molecule has 0 unspecified atom stereocenters. The highest BCUT2D eigenvalue weighted by Crippen LogP contribution is 2.35. The molecule has 1 amide bonds. The van der Waals surface area contributed by atoms with Crippen molar-refractivity contribution in [1.82, 2.24) is 5.43 Å². The van der Waals surface area contributed by atoms with E-state index in [0.717, 1.165) is 13.4 Å². The van der Waals surface area contributed by atoms with Crippen molar-refractivity contribution in [3.05, 3.63) is 92.0 Å². The van der Waals surface area contributed by atoms with E-state index in [4.69, 9.17) is 23.2 Å². The Morgan fingerprint density at radius 3 is 2.31 bits per heavy atom. The number of hydrogen-bond donors (Lipinski definition) is 1. The summed E-state index contributed by atoms with van der Waals surface area (Å²) in [6.45, 7) is 1.20. The molecular weight excluding hydrogens is 584 g/mol. The monoisotopic (exact) mass is 601 g/mol. The molecule has 0 aliphatic rings. The predicted molar refractivity (Wildman–Crippen MR) is 137 cm³/mol. The fourth-order valence-corrected chi connectivity index (χ4v) is 5.03. The standard InChI is InChI=1S/C22H18Cl2IN3O3S/c1-15(16-10-12-17(25)13-11-16)26-27-21(29)14-28(20-9-5-8-19(23)22(20)24)32(30,31)18-6-3-2-4-7-18/h2-13H,14H2,1H3,(H,27,29)/b26-15+. The van der Waals surface area contributed by atoms with Gasteiger partial charge in [0.2, 0.25) is 0 Å². The van der Waals surface area contributed by atoms with Crippen LogP contribution in [0, 0.1) is 3.57 Å². The molecule has 0 saturated heterocycles. The van der Waals surface area contributed by atoms with Crippen molar-refractivity contribution in [2.45, 2.75) is 11.8 Å². The van der Waals surface area contributed by atoms with Crippen LogP contribution in [-0.2, 0) is 14.8 Å². The summed E-state index contributed by atoms with van der Waals surface area (Å²) in [6, 6.07) is 20.0. The van der Waals surface area contributed by atoms with Gasteiger partial charge in [0.1, 0.15) is 6.54 Å². The lowest BCUT2D eigenvalue weighted by molar-refractivity contribution is -0.119. The van der Waals surface area contributed by atoms with Crippen LogP contribution in [0.15, 0.2) is 82.8 Å². The maximum atomic E-state index is 13.3. The molecule has 0 aliphatic carbocycles. The molecule has 0 spiro atoms. The first-order valence-corrected chi connectivity index (χ1v) is 12.6. The molecule has 3 aromatic carbocycles. The molecule has 10 heteroatoms. The van der Waals surface area contributed by atoms with Gasteiger partial charge in [-0.05, 0) is 71.5 Å². The smallest absolute Gasteiger partial charge is 0.264 e. The summed E-state index contributed by atoms with van der Waals surface area (Å²) < 4.78 is 28.7. The lowest BCUT2D eigenvalue weighted by Gasteiger charge is -2.25. The van der Waals surface area contributed by atoms with Gasteiger partial charge in [0.15, 0.2) is 0 Å². The van der Waals surface area contributed by atoms with Crippen LogP contribution in [0.5, 0.6) is 0 Å². The molecule has 1 N–H and O–H groups in total. The van der Waals surface area contributed by atoms with E-state index in [9.17, 15) is 13.2 Å². The largest absolute Gasteiger partial charge is 0.271 e. The summed E-state index contributed by atoms with van der Waals surface area (Å²) in [4.78, 5) is 12.7. The molecule has 0 bridgehead atoms. The van der Waals surface area contributed by atoms with Gasteiger partial charge < -0.3 is 0 Å². The molecule has 6 nitrogen and oxygen atoms in total. The Bertz CT molecular complexity index is 1250. The Kier molecular flexibility index (Phi) is 8.16. The second-order valence-corrected chi connectivity index (χ2v) is 10.5. The number of hydrogen-bond acceptors (Lipinski definition) is 4. The Morgan fingerprint density at radius 2 is 1.66 bits per heavy atom. The molecule has 32 heavy (non-hydrogen) atoms. The van der Waals surface area contributed by atoms with Gasteiger partial charge >= 0.3 is 0 Å². The van der Waals surface area contributed by atoms with E-state index in [1.807, 2.05) is 24.3 Å². The molecule has 0 saturated carbocycles. The fourth-order valence-electron chi connectivity index (χ4n) is 2.77. The molecule has 166 valence electrons. The first-order chi connectivity index (χ1) is 15.2. The number of nitrogens with one attached hydrogen (secondary N) is 1. The lowest BCUT2D eigenvalue weighted by atomic mass is 10.1. The van der Waals surface area contributed by atoms with Crippen molar-refractivity contribution < 1.29 is 13.2 Å². The van der Waals surface area contributed by atoms with E-state index in [-0.39, 0.29) is 20.6 Å². The number of hydrazone groups is 1. The second-order valence-electron chi connectivity index (χ2n) is 6.64. The van der Waals surface area contributed by atoms with E-state index in [2.05, 4.69) is 33.1 Å². The number of rotatable bonds is 7. The van der Waals surface area contributed by atoms with Crippen LogP contribution in [0.2, 0.25) is 10.0 Å². The Labute approximate surface area is 210 Å². The van der Waals surface area contributed by atoms with E-state index in [0.29, 0.717) is 5.71 Å². The first-order valence-electron chi connectivity index (χ1n) is 9.31. The minimum atomic E-state index is -4.10. The van der Waals surface area contributed by atoms with Crippen LogP contribution in [0.4, 0.5) is 5.69 Å². The lowest BCUT2D eigenvalue weighted by Crippen LogP contribution is -2.40. The van der Waals surface area contributed by atoms with Gasteiger partial charge in [-0.25, -0.2) is 13.8 Å². The van der Waals surface area contributed by atoms with E-state index in [1.54, 1.807) is 31.2 Å². The van der Waals surface area contributed by atoms with Crippen molar-refractivity contribution in [1.29, 1.82) is 0 Å². The zero-order valence-corrected chi connectivity index (χ0v) is 21.3. The van der Waals surface area contributed by atoms with Crippen LogP contribution < -0.4 is 9.73 Å². The molecule has 0 aromatic heterocycles. The molecule has 3 aromatic rings. The number of sulfonamides is 1. The Balaban J connectivity index is 1.90. The van der Waals surface area contributed by atoms with Gasteiger partial charge in [-0.1, -0.05) is 59.6 Å². The van der Waals surface area contributed by atoms with Crippen LogP contribution in [-0.4, -0.2) is 26.6 Å². The maximum Gasteiger partial charge on any atom is 0.264 e. The minimum absolute atomic E-state index is 0.0161. The Morgan fingerprint density at radius 1 is 1.00 bits per heavy atom. The SMILES string of the molecule is C/C(=N\NC(=O)CN(c1cccc(Cl)c1Cl)S(=O)(=O)c1ccccc1)c1ccc(I)cc1. The topological polar surface area (TPSA) is 78.8 Å². The molecule has 0 aliphatic heterocycles. The molecule has 0 heterocycles. The highest BCUT2D eigenvalue weighted by molar-refractivity contribution is 14.1. The van der Waals surface area contributed by atoms with Crippen molar-refractivity contribution in [3.63, 3.8) is 0 Å².